The van der Waals surface area contributed by atoms with Crippen LogP contribution in [0.5, 0.6) is 0 Å². The molecule has 2 atom stereocenters. The highest BCUT2D eigenvalue weighted by atomic mass is 15.2. The summed E-state index contributed by atoms with van der Waals surface area (Å²) in [6.07, 6.45) is 8.10. The van der Waals surface area contributed by atoms with Crippen molar-refractivity contribution in [2.45, 2.75) is 57.7 Å². The van der Waals surface area contributed by atoms with Crippen molar-refractivity contribution in [1.82, 2.24) is 14.5 Å². The van der Waals surface area contributed by atoms with Gasteiger partial charge in [-0.15, -0.1) is 0 Å². The second-order valence-electron chi connectivity index (χ2n) is 8.07. The van der Waals surface area contributed by atoms with Gasteiger partial charge in [0, 0.05) is 60.0 Å². The monoisotopic (exact) mass is 345 g/mol. The van der Waals surface area contributed by atoms with E-state index in [1.54, 1.807) is 11.3 Å². The van der Waals surface area contributed by atoms with Crippen molar-refractivity contribution >= 4 is 10.9 Å². The van der Waals surface area contributed by atoms with E-state index in [1.165, 1.54) is 47.8 Å². The molecule has 0 amide bonds. The molecule has 1 aromatic carbocycles. The molecule has 2 aliphatic heterocycles. The summed E-state index contributed by atoms with van der Waals surface area (Å²) in [4.78, 5) is 7.18. The summed E-state index contributed by atoms with van der Waals surface area (Å²) in [7, 11) is 2.34. The lowest BCUT2D eigenvalue weighted by Gasteiger charge is -2.44. The molecule has 3 aromatic rings. The first kappa shape index (κ1) is 16.1. The fraction of sp³-hybridized carbons (Fsp3) is 0.435. The Morgan fingerprint density at radius 3 is 2.92 bits per heavy atom. The van der Waals surface area contributed by atoms with Crippen molar-refractivity contribution < 1.29 is 0 Å². The van der Waals surface area contributed by atoms with Crippen LogP contribution >= 0.6 is 0 Å². The topological polar surface area (TPSA) is 21.1 Å². The minimum Gasteiger partial charge on any atom is -0.344 e. The standard InChI is InChI=1S/C23H27N3/c1-16-9-10-20-19(14-16)23-21-8-5-7-18(25(21)2)15-22(23)26(20)13-11-17-6-3-4-12-24-17/h3-4,6,9-10,12,14,18,21H,5,7-8,11,13,15H2,1-2H3. The Morgan fingerprint density at radius 2 is 2.08 bits per heavy atom. The van der Waals surface area contributed by atoms with Crippen LogP contribution in [0.4, 0.5) is 0 Å². The minimum atomic E-state index is 0.595. The van der Waals surface area contributed by atoms with E-state index in [0.717, 1.165) is 13.0 Å². The van der Waals surface area contributed by atoms with Gasteiger partial charge in [-0.25, -0.2) is 0 Å². The van der Waals surface area contributed by atoms with E-state index in [1.807, 2.05) is 12.3 Å². The molecular formula is C23H27N3. The summed E-state index contributed by atoms with van der Waals surface area (Å²) in [6.45, 7) is 3.24. The summed E-state index contributed by atoms with van der Waals surface area (Å²) < 4.78 is 2.61. The lowest BCUT2D eigenvalue weighted by molar-refractivity contribution is 0.0988. The Morgan fingerprint density at radius 1 is 1.15 bits per heavy atom. The van der Waals surface area contributed by atoms with Crippen LogP contribution in [-0.2, 0) is 19.4 Å². The SMILES string of the molecule is Cc1ccc2c(c1)c1c(n2CCc2ccccn2)CC2CCCC1N2C. The van der Waals surface area contributed by atoms with E-state index in [0.29, 0.717) is 12.1 Å². The van der Waals surface area contributed by atoms with Crippen LogP contribution in [0.25, 0.3) is 10.9 Å². The number of fused-ring (bicyclic) bond motifs is 6. The van der Waals surface area contributed by atoms with Crippen molar-refractivity contribution in [3.63, 3.8) is 0 Å². The van der Waals surface area contributed by atoms with Crippen LogP contribution in [-0.4, -0.2) is 27.5 Å². The van der Waals surface area contributed by atoms with E-state index in [-0.39, 0.29) is 0 Å². The van der Waals surface area contributed by atoms with Gasteiger partial charge in [-0.1, -0.05) is 17.7 Å². The zero-order valence-corrected chi connectivity index (χ0v) is 15.8. The predicted octanol–water partition coefficient (Wildman–Crippen LogP) is 4.67. The summed E-state index contributed by atoms with van der Waals surface area (Å²) >= 11 is 0. The van der Waals surface area contributed by atoms with Crippen LogP contribution in [0.2, 0.25) is 0 Å². The molecule has 0 N–H and O–H groups in total. The number of nitrogens with zero attached hydrogens (tertiary/aromatic N) is 3. The second-order valence-corrected chi connectivity index (χ2v) is 8.07. The van der Waals surface area contributed by atoms with Crippen molar-refractivity contribution in [3.05, 3.63) is 65.1 Å². The Balaban J connectivity index is 1.63. The van der Waals surface area contributed by atoms with Crippen LogP contribution in [0.15, 0.2) is 42.6 Å². The summed E-state index contributed by atoms with van der Waals surface area (Å²) in [5.41, 5.74) is 7.17. The van der Waals surface area contributed by atoms with Gasteiger partial charge in [0.05, 0.1) is 0 Å². The molecule has 134 valence electrons. The van der Waals surface area contributed by atoms with E-state index in [4.69, 9.17) is 0 Å². The molecule has 0 aliphatic carbocycles. The van der Waals surface area contributed by atoms with E-state index < -0.39 is 0 Å². The Hall–Kier alpha value is -2.13. The number of pyridine rings is 1. The number of benzene rings is 1. The minimum absolute atomic E-state index is 0.595. The number of piperidine rings is 1. The third-order valence-corrected chi connectivity index (χ3v) is 6.53. The van der Waals surface area contributed by atoms with Gasteiger partial charge in [0.15, 0.2) is 0 Å². The number of hydrogen-bond donors (Lipinski definition) is 0. The molecular weight excluding hydrogens is 318 g/mol. The highest BCUT2D eigenvalue weighted by Crippen LogP contribution is 2.45. The number of aromatic nitrogens is 2. The zero-order valence-electron chi connectivity index (χ0n) is 15.8. The molecule has 1 fully saturated rings. The Kier molecular flexibility index (Phi) is 3.86. The van der Waals surface area contributed by atoms with Crippen molar-refractivity contribution in [2.24, 2.45) is 0 Å². The molecule has 0 spiro atoms. The molecule has 2 unspecified atom stereocenters. The molecule has 26 heavy (non-hydrogen) atoms. The summed E-state index contributed by atoms with van der Waals surface area (Å²) in [5, 5.41) is 1.48. The molecule has 5 rings (SSSR count). The molecule has 4 heterocycles. The molecule has 3 nitrogen and oxygen atoms in total. The molecule has 3 heteroatoms. The maximum atomic E-state index is 4.53. The number of aryl methyl sites for hydroxylation is 3. The average Bonchev–Trinajstić information content (AvgIpc) is 2.93. The zero-order chi connectivity index (χ0) is 17.7. The normalized spacial score (nSPS) is 22.5. The maximum Gasteiger partial charge on any atom is 0.0486 e. The fourth-order valence-electron chi connectivity index (χ4n) is 5.19. The molecule has 2 aliphatic rings. The van der Waals surface area contributed by atoms with Crippen LogP contribution in [0.1, 0.15) is 47.8 Å². The number of likely N-dealkylation sites (N-methyl/N-ethyl adjacent to an activating group) is 1. The second kappa shape index (κ2) is 6.24. The van der Waals surface area contributed by atoms with Gasteiger partial charge in [-0.05, 0) is 63.1 Å². The molecule has 0 radical (unpaired) electrons. The summed E-state index contributed by atoms with van der Waals surface area (Å²) in [6, 6.07) is 14.5. The van der Waals surface area contributed by atoms with Gasteiger partial charge in [0.1, 0.15) is 0 Å². The van der Waals surface area contributed by atoms with Gasteiger partial charge in [-0.2, -0.15) is 0 Å². The number of hydrogen-bond acceptors (Lipinski definition) is 2. The number of rotatable bonds is 3. The van der Waals surface area contributed by atoms with E-state index in [9.17, 15) is 0 Å². The first-order valence-electron chi connectivity index (χ1n) is 9.96. The van der Waals surface area contributed by atoms with Gasteiger partial charge < -0.3 is 4.57 Å². The maximum absolute atomic E-state index is 4.53. The van der Waals surface area contributed by atoms with E-state index >= 15 is 0 Å². The van der Waals surface area contributed by atoms with Gasteiger partial charge in [-0.3, -0.25) is 9.88 Å². The smallest absolute Gasteiger partial charge is 0.0486 e. The molecule has 1 saturated heterocycles. The first-order chi connectivity index (χ1) is 12.7. The third-order valence-electron chi connectivity index (χ3n) is 6.53. The Bertz CT molecular complexity index is 941. The van der Waals surface area contributed by atoms with Crippen LogP contribution < -0.4 is 0 Å². The lowest BCUT2D eigenvalue weighted by Crippen LogP contribution is -2.44. The third kappa shape index (κ3) is 2.49. The molecule has 2 aromatic heterocycles. The van der Waals surface area contributed by atoms with Gasteiger partial charge in [0.25, 0.3) is 0 Å². The van der Waals surface area contributed by atoms with Crippen LogP contribution in [0, 0.1) is 6.92 Å². The first-order valence-corrected chi connectivity index (χ1v) is 9.96. The largest absolute Gasteiger partial charge is 0.344 e. The lowest BCUT2D eigenvalue weighted by atomic mass is 9.82. The van der Waals surface area contributed by atoms with Crippen LogP contribution in [0.3, 0.4) is 0 Å². The quantitative estimate of drug-likeness (QED) is 0.688. The molecule has 2 bridgehead atoms. The highest BCUT2D eigenvalue weighted by molar-refractivity contribution is 5.87. The highest BCUT2D eigenvalue weighted by Gasteiger charge is 2.38. The Labute approximate surface area is 155 Å². The molecule has 0 saturated carbocycles. The van der Waals surface area contributed by atoms with Gasteiger partial charge >= 0.3 is 0 Å². The van der Waals surface area contributed by atoms with Crippen molar-refractivity contribution in [1.29, 1.82) is 0 Å². The predicted molar refractivity (Wildman–Crippen MR) is 106 cm³/mol. The van der Waals surface area contributed by atoms with Gasteiger partial charge in [0.2, 0.25) is 0 Å². The van der Waals surface area contributed by atoms with E-state index in [2.05, 4.69) is 58.8 Å². The van der Waals surface area contributed by atoms with Crippen molar-refractivity contribution in [2.75, 3.05) is 7.05 Å². The summed E-state index contributed by atoms with van der Waals surface area (Å²) in [5.74, 6) is 0. The average molecular weight is 345 g/mol. The fourth-order valence-corrected chi connectivity index (χ4v) is 5.19. The van der Waals surface area contributed by atoms with Crippen molar-refractivity contribution in [3.8, 4) is 0 Å².